The molecule has 0 saturated carbocycles. The van der Waals surface area contributed by atoms with Gasteiger partial charge >= 0.3 is 0 Å². The summed E-state index contributed by atoms with van der Waals surface area (Å²) in [5, 5.41) is 0. The van der Waals surface area contributed by atoms with E-state index >= 15 is 0 Å². The molecule has 0 radical (unpaired) electrons. The van der Waals surface area contributed by atoms with Gasteiger partial charge in [0.25, 0.3) is 0 Å². The predicted molar refractivity (Wildman–Crippen MR) is 58.0 cm³/mol. The standard InChI is InChI=1S/C10H18BrNO/c1-4-9-5-7(2)6-12(9)10(13)8(3)11/h7-9H,4-6H2,1-3H3. The van der Waals surface area contributed by atoms with Gasteiger partial charge in [0.1, 0.15) is 0 Å². The van der Waals surface area contributed by atoms with Crippen molar-refractivity contribution in [1.82, 2.24) is 4.90 Å². The van der Waals surface area contributed by atoms with Crippen LogP contribution in [0.5, 0.6) is 0 Å². The van der Waals surface area contributed by atoms with Crippen LogP contribution >= 0.6 is 15.9 Å². The van der Waals surface area contributed by atoms with Crippen LogP contribution in [-0.4, -0.2) is 28.2 Å². The molecule has 0 aromatic heterocycles. The normalized spacial score (nSPS) is 30.6. The van der Waals surface area contributed by atoms with Crippen molar-refractivity contribution in [2.24, 2.45) is 5.92 Å². The topological polar surface area (TPSA) is 20.3 Å². The fourth-order valence-electron chi connectivity index (χ4n) is 2.04. The first-order valence-electron chi connectivity index (χ1n) is 5.00. The molecule has 0 spiro atoms. The molecule has 1 amide bonds. The third-order valence-corrected chi connectivity index (χ3v) is 3.11. The SMILES string of the molecule is CCC1CC(C)CN1C(=O)C(C)Br. The second-order valence-corrected chi connectivity index (χ2v) is 5.38. The van der Waals surface area contributed by atoms with Crippen LogP contribution < -0.4 is 0 Å². The van der Waals surface area contributed by atoms with E-state index in [1.165, 1.54) is 6.42 Å². The highest BCUT2D eigenvalue weighted by Crippen LogP contribution is 2.26. The summed E-state index contributed by atoms with van der Waals surface area (Å²) >= 11 is 3.34. The van der Waals surface area contributed by atoms with E-state index in [4.69, 9.17) is 0 Å². The van der Waals surface area contributed by atoms with Crippen LogP contribution in [0.1, 0.15) is 33.6 Å². The summed E-state index contributed by atoms with van der Waals surface area (Å²) < 4.78 is 0. The zero-order valence-corrected chi connectivity index (χ0v) is 10.2. The molecular formula is C10H18BrNO. The minimum Gasteiger partial charge on any atom is -0.338 e. The lowest BCUT2D eigenvalue weighted by Gasteiger charge is -2.24. The van der Waals surface area contributed by atoms with E-state index in [0.717, 1.165) is 13.0 Å². The van der Waals surface area contributed by atoms with Crippen LogP contribution in [0, 0.1) is 5.92 Å². The summed E-state index contributed by atoms with van der Waals surface area (Å²) in [5.41, 5.74) is 0. The van der Waals surface area contributed by atoms with Crippen LogP contribution in [0.2, 0.25) is 0 Å². The third kappa shape index (κ3) is 2.46. The number of nitrogens with zero attached hydrogens (tertiary/aromatic N) is 1. The van der Waals surface area contributed by atoms with Gasteiger partial charge in [0, 0.05) is 12.6 Å². The van der Waals surface area contributed by atoms with E-state index in [1.54, 1.807) is 0 Å². The molecule has 1 aliphatic heterocycles. The predicted octanol–water partition coefficient (Wildman–Crippen LogP) is 2.42. The molecule has 0 bridgehead atoms. The number of amides is 1. The first-order valence-corrected chi connectivity index (χ1v) is 5.92. The van der Waals surface area contributed by atoms with Gasteiger partial charge in [0.05, 0.1) is 4.83 Å². The Balaban J connectivity index is 2.62. The van der Waals surface area contributed by atoms with E-state index in [1.807, 2.05) is 11.8 Å². The van der Waals surface area contributed by atoms with E-state index in [0.29, 0.717) is 12.0 Å². The second kappa shape index (κ2) is 4.45. The Labute approximate surface area is 88.8 Å². The number of carbonyl (C=O) groups excluding carboxylic acids is 1. The molecule has 3 atom stereocenters. The van der Waals surface area contributed by atoms with E-state index < -0.39 is 0 Å². The second-order valence-electron chi connectivity index (χ2n) is 4.01. The zero-order chi connectivity index (χ0) is 10.0. The number of rotatable bonds is 2. The molecule has 3 heteroatoms. The van der Waals surface area contributed by atoms with Crippen molar-refractivity contribution in [2.45, 2.75) is 44.5 Å². The average molecular weight is 248 g/mol. The highest BCUT2D eigenvalue weighted by molar-refractivity contribution is 9.10. The van der Waals surface area contributed by atoms with Crippen LogP contribution in [0.15, 0.2) is 0 Å². The average Bonchev–Trinajstić information content (AvgIpc) is 2.45. The quantitative estimate of drug-likeness (QED) is 0.687. The Morgan fingerprint density at radius 2 is 2.31 bits per heavy atom. The lowest BCUT2D eigenvalue weighted by Crippen LogP contribution is -2.39. The van der Waals surface area contributed by atoms with Gasteiger partial charge in [-0.05, 0) is 25.7 Å². The van der Waals surface area contributed by atoms with Crippen molar-refractivity contribution in [3.8, 4) is 0 Å². The molecule has 0 N–H and O–H groups in total. The fraction of sp³-hybridized carbons (Fsp3) is 0.900. The van der Waals surface area contributed by atoms with Gasteiger partial charge in [-0.3, -0.25) is 4.79 Å². The van der Waals surface area contributed by atoms with Crippen molar-refractivity contribution in [3.05, 3.63) is 0 Å². The van der Waals surface area contributed by atoms with Crippen molar-refractivity contribution >= 4 is 21.8 Å². The maximum absolute atomic E-state index is 11.7. The first kappa shape index (κ1) is 11.0. The molecule has 1 rings (SSSR count). The molecule has 0 aromatic rings. The summed E-state index contributed by atoms with van der Waals surface area (Å²) in [6.45, 7) is 7.21. The van der Waals surface area contributed by atoms with E-state index in [2.05, 4.69) is 29.8 Å². The van der Waals surface area contributed by atoms with Crippen molar-refractivity contribution in [1.29, 1.82) is 0 Å². The molecule has 2 nitrogen and oxygen atoms in total. The Morgan fingerprint density at radius 3 is 2.77 bits per heavy atom. The maximum atomic E-state index is 11.7. The molecule has 1 fully saturated rings. The summed E-state index contributed by atoms with van der Waals surface area (Å²) in [5.74, 6) is 0.913. The minimum absolute atomic E-state index is 0.0353. The Kier molecular flexibility index (Phi) is 3.77. The molecule has 1 aliphatic rings. The largest absolute Gasteiger partial charge is 0.338 e. The smallest absolute Gasteiger partial charge is 0.236 e. The van der Waals surface area contributed by atoms with E-state index in [-0.39, 0.29) is 10.7 Å². The van der Waals surface area contributed by atoms with Gasteiger partial charge in [-0.1, -0.05) is 29.8 Å². The molecule has 13 heavy (non-hydrogen) atoms. The van der Waals surface area contributed by atoms with Crippen LogP contribution in [0.4, 0.5) is 0 Å². The molecule has 3 unspecified atom stereocenters. The van der Waals surface area contributed by atoms with Gasteiger partial charge < -0.3 is 4.90 Å². The summed E-state index contributed by atoms with van der Waals surface area (Å²) in [6.07, 6.45) is 2.25. The van der Waals surface area contributed by atoms with Gasteiger partial charge in [-0.15, -0.1) is 0 Å². The Bertz CT molecular complexity index is 193. The van der Waals surface area contributed by atoms with Gasteiger partial charge in [0.15, 0.2) is 0 Å². The summed E-state index contributed by atoms with van der Waals surface area (Å²) in [6, 6.07) is 0.475. The zero-order valence-electron chi connectivity index (χ0n) is 8.59. The van der Waals surface area contributed by atoms with E-state index in [9.17, 15) is 4.79 Å². The lowest BCUT2D eigenvalue weighted by molar-refractivity contribution is -0.131. The first-order chi connectivity index (χ1) is 6.06. The number of carbonyl (C=O) groups is 1. The van der Waals surface area contributed by atoms with Crippen LogP contribution in [0.25, 0.3) is 0 Å². The van der Waals surface area contributed by atoms with Gasteiger partial charge in [0.2, 0.25) is 5.91 Å². The number of alkyl halides is 1. The summed E-state index contributed by atoms with van der Waals surface area (Å²) in [4.78, 5) is 13.7. The minimum atomic E-state index is -0.0353. The molecule has 0 aliphatic carbocycles. The molecular weight excluding hydrogens is 230 g/mol. The van der Waals surface area contributed by atoms with Crippen LogP contribution in [-0.2, 0) is 4.79 Å². The maximum Gasteiger partial charge on any atom is 0.236 e. The number of hydrogen-bond donors (Lipinski definition) is 0. The Morgan fingerprint density at radius 1 is 1.69 bits per heavy atom. The molecule has 76 valence electrons. The molecule has 1 heterocycles. The summed E-state index contributed by atoms with van der Waals surface area (Å²) in [7, 11) is 0. The number of hydrogen-bond acceptors (Lipinski definition) is 1. The number of halogens is 1. The third-order valence-electron chi connectivity index (χ3n) is 2.72. The van der Waals surface area contributed by atoms with Crippen molar-refractivity contribution < 1.29 is 4.79 Å². The molecule has 0 aromatic carbocycles. The van der Waals surface area contributed by atoms with Gasteiger partial charge in [-0.2, -0.15) is 0 Å². The highest BCUT2D eigenvalue weighted by Gasteiger charge is 2.32. The van der Waals surface area contributed by atoms with Crippen LogP contribution in [0.3, 0.4) is 0 Å². The van der Waals surface area contributed by atoms with Gasteiger partial charge in [-0.25, -0.2) is 0 Å². The monoisotopic (exact) mass is 247 g/mol. The highest BCUT2D eigenvalue weighted by atomic mass is 79.9. The lowest BCUT2D eigenvalue weighted by atomic mass is 10.1. The van der Waals surface area contributed by atoms with Crippen molar-refractivity contribution in [3.63, 3.8) is 0 Å². The van der Waals surface area contributed by atoms with Crippen molar-refractivity contribution in [2.75, 3.05) is 6.54 Å². The Hall–Kier alpha value is -0.0500. The number of likely N-dealkylation sites (tertiary alicyclic amines) is 1. The fourth-order valence-corrected chi connectivity index (χ4v) is 2.30. The molecule has 1 saturated heterocycles.